The highest BCUT2D eigenvalue weighted by atomic mass is 16.7. The Morgan fingerprint density at radius 2 is 1.23 bits per heavy atom. The van der Waals surface area contributed by atoms with Gasteiger partial charge in [-0.3, -0.25) is 0 Å². The van der Waals surface area contributed by atoms with Crippen molar-refractivity contribution in [3.63, 3.8) is 0 Å². The molecule has 3 heterocycles. The Bertz CT molecular complexity index is 1270. The second-order valence-corrected chi connectivity index (χ2v) is 10.6. The zero-order valence-electron chi connectivity index (χ0n) is 22.4. The smallest absolute Gasteiger partial charge is 0.229 e. The molecule has 16 nitrogen and oxygen atoms in total. The number of phenols is 2. The maximum absolute atomic E-state index is 11.0. The highest BCUT2D eigenvalue weighted by Gasteiger charge is 2.46. The van der Waals surface area contributed by atoms with E-state index >= 15 is 0 Å². The number of benzene rings is 2. The van der Waals surface area contributed by atoms with Gasteiger partial charge in [0, 0.05) is 24.1 Å². The molecule has 0 radical (unpaired) electrons. The molecule has 16 heteroatoms. The fourth-order valence-electron chi connectivity index (χ4n) is 5.22. The molecule has 2 fully saturated rings. The van der Waals surface area contributed by atoms with Crippen LogP contribution < -0.4 is 14.2 Å². The van der Waals surface area contributed by atoms with E-state index in [0.717, 1.165) is 0 Å². The van der Waals surface area contributed by atoms with E-state index in [-0.39, 0.29) is 40.5 Å². The number of fused-ring (bicyclic) bond motifs is 1. The first kappa shape index (κ1) is 31.4. The molecule has 3 aliphatic rings. The molecule has 2 aromatic rings. The second-order valence-electron chi connectivity index (χ2n) is 10.6. The summed E-state index contributed by atoms with van der Waals surface area (Å²) in [5.74, 6) is -0.982. The number of hydrogen-bond donors (Lipinski definition) is 11. The van der Waals surface area contributed by atoms with E-state index in [0.29, 0.717) is 0 Å². The molecular weight excluding hydrogens is 580 g/mol. The number of hydrogen-bond acceptors (Lipinski definition) is 16. The molecule has 0 aliphatic carbocycles. The topological polar surface area (TPSA) is 269 Å². The quantitative estimate of drug-likeness (QED) is 0.144. The van der Waals surface area contributed by atoms with Gasteiger partial charge in [-0.05, 0) is 17.7 Å². The van der Waals surface area contributed by atoms with Crippen molar-refractivity contribution in [1.29, 1.82) is 0 Å². The lowest BCUT2D eigenvalue weighted by Crippen LogP contribution is -2.60. The minimum Gasteiger partial charge on any atom is -0.508 e. The first-order valence-electron chi connectivity index (χ1n) is 13.4. The summed E-state index contributed by atoms with van der Waals surface area (Å²) in [7, 11) is 0. The Morgan fingerprint density at radius 3 is 1.79 bits per heavy atom. The van der Waals surface area contributed by atoms with Crippen molar-refractivity contribution < 1.29 is 79.9 Å². The molecule has 11 N–H and O–H groups in total. The van der Waals surface area contributed by atoms with Gasteiger partial charge in [-0.25, -0.2) is 0 Å². The van der Waals surface area contributed by atoms with Crippen molar-refractivity contribution in [3.8, 4) is 28.7 Å². The molecular formula is C27H34O16. The summed E-state index contributed by atoms with van der Waals surface area (Å²) in [5.41, 5.74) is 0.533. The third-order valence-electron chi connectivity index (χ3n) is 7.67. The molecule has 12 atom stereocenters. The van der Waals surface area contributed by atoms with Crippen molar-refractivity contribution in [2.75, 3.05) is 13.2 Å². The third-order valence-corrected chi connectivity index (χ3v) is 7.67. The first-order valence-corrected chi connectivity index (χ1v) is 13.4. The molecule has 0 spiro atoms. The van der Waals surface area contributed by atoms with E-state index in [1.807, 2.05) is 0 Å². The molecule has 3 aliphatic heterocycles. The molecule has 0 bridgehead atoms. The lowest BCUT2D eigenvalue weighted by atomic mass is 9.93. The van der Waals surface area contributed by atoms with E-state index in [1.165, 1.54) is 30.3 Å². The van der Waals surface area contributed by atoms with Gasteiger partial charge in [0.2, 0.25) is 12.6 Å². The summed E-state index contributed by atoms with van der Waals surface area (Å²) in [4.78, 5) is 0. The Labute approximate surface area is 243 Å². The summed E-state index contributed by atoms with van der Waals surface area (Å²) < 4.78 is 27.9. The molecule has 2 saturated heterocycles. The molecule has 2 aromatic carbocycles. The SMILES string of the molecule is OCC1O[C@@H](Oc2cc([C@H]3Oc4cc(O)cc(O[C@@H]5OC(CO)[C@@H](O)[C@H](O)C5O)c4C[C@@H]3O)ccc2O)C(O)[C@@H](O)[C@@H]1O. The zero-order valence-corrected chi connectivity index (χ0v) is 22.4. The van der Waals surface area contributed by atoms with Crippen molar-refractivity contribution in [2.45, 2.75) is 80.0 Å². The predicted octanol–water partition coefficient (Wildman–Crippen LogP) is -3.51. The first-order chi connectivity index (χ1) is 20.4. The van der Waals surface area contributed by atoms with Crippen LogP contribution in [0.15, 0.2) is 30.3 Å². The van der Waals surface area contributed by atoms with Crippen LogP contribution in [0.5, 0.6) is 28.7 Å². The van der Waals surface area contributed by atoms with Gasteiger partial charge in [-0.15, -0.1) is 0 Å². The molecule has 0 amide bonds. The molecule has 4 unspecified atom stereocenters. The normalized spacial score (nSPS) is 37.7. The van der Waals surface area contributed by atoms with E-state index in [9.17, 15) is 56.2 Å². The number of phenolic OH excluding ortho intramolecular Hbond substituents is 2. The summed E-state index contributed by atoms with van der Waals surface area (Å²) in [6.45, 7) is -1.37. The lowest BCUT2D eigenvalue weighted by molar-refractivity contribution is -0.277. The van der Waals surface area contributed by atoms with Crippen molar-refractivity contribution in [1.82, 2.24) is 0 Å². The predicted molar refractivity (Wildman–Crippen MR) is 138 cm³/mol. The maximum Gasteiger partial charge on any atom is 0.229 e. The Morgan fingerprint density at radius 1 is 0.674 bits per heavy atom. The summed E-state index contributed by atoms with van der Waals surface area (Å²) in [6.07, 6.45) is -18.2. The van der Waals surface area contributed by atoms with Gasteiger partial charge < -0.3 is 79.9 Å². The fraction of sp³-hybridized carbons (Fsp3) is 0.556. The van der Waals surface area contributed by atoms with E-state index < -0.39 is 92.6 Å². The van der Waals surface area contributed by atoms with Crippen LogP contribution in [0.1, 0.15) is 17.2 Å². The van der Waals surface area contributed by atoms with Crippen molar-refractivity contribution in [3.05, 3.63) is 41.5 Å². The number of rotatable bonds is 7. The maximum atomic E-state index is 11.0. The van der Waals surface area contributed by atoms with Gasteiger partial charge in [0.05, 0.1) is 19.3 Å². The second kappa shape index (κ2) is 12.5. The standard InChI is InChI=1S/C27H34O16/c28-7-17-19(33)21(35)23(37)26(42-17)40-15-5-10(30)4-14-11(15)6-13(32)25(39-14)9-1-2-12(31)16(3-9)41-27-24(38)22(36)20(34)18(8-29)43-27/h1-5,13,17-38H,6-8H2/t13-,17?,18?,19+,20+,21-,22-,23?,24?,25+,26+,27+/m0/s1. The van der Waals surface area contributed by atoms with E-state index in [4.69, 9.17) is 23.7 Å². The van der Waals surface area contributed by atoms with Gasteiger partial charge in [0.1, 0.15) is 72.2 Å². The van der Waals surface area contributed by atoms with Crippen LogP contribution >= 0.6 is 0 Å². The minimum absolute atomic E-state index is 0.0689. The molecule has 0 aromatic heterocycles. The van der Waals surface area contributed by atoms with Crippen LogP contribution in [0.2, 0.25) is 0 Å². The van der Waals surface area contributed by atoms with Crippen LogP contribution in [0, 0.1) is 0 Å². The monoisotopic (exact) mass is 614 g/mol. The van der Waals surface area contributed by atoms with Gasteiger partial charge in [0.25, 0.3) is 0 Å². The average Bonchev–Trinajstić information content (AvgIpc) is 2.98. The lowest BCUT2D eigenvalue weighted by Gasteiger charge is -2.40. The number of aliphatic hydroxyl groups is 9. The Kier molecular flexibility index (Phi) is 9.17. The molecule has 238 valence electrons. The third kappa shape index (κ3) is 6.04. The van der Waals surface area contributed by atoms with Crippen LogP contribution in [0.4, 0.5) is 0 Å². The van der Waals surface area contributed by atoms with Gasteiger partial charge in [-0.2, -0.15) is 0 Å². The van der Waals surface area contributed by atoms with Crippen molar-refractivity contribution >= 4 is 0 Å². The Hall–Kier alpha value is -3.00. The minimum atomic E-state index is -1.74. The summed E-state index contributed by atoms with van der Waals surface area (Å²) in [5, 5.41) is 111. The largest absolute Gasteiger partial charge is 0.508 e. The highest BCUT2D eigenvalue weighted by molar-refractivity contribution is 5.53. The Balaban J connectivity index is 1.37. The molecule has 0 saturated carbocycles. The van der Waals surface area contributed by atoms with Gasteiger partial charge in [-0.1, -0.05) is 6.07 Å². The van der Waals surface area contributed by atoms with Crippen LogP contribution in [0.25, 0.3) is 0 Å². The van der Waals surface area contributed by atoms with E-state index in [2.05, 4.69) is 0 Å². The van der Waals surface area contributed by atoms with Crippen LogP contribution in [-0.2, 0) is 15.9 Å². The van der Waals surface area contributed by atoms with Crippen molar-refractivity contribution in [2.24, 2.45) is 0 Å². The van der Waals surface area contributed by atoms with E-state index in [1.54, 1.807) is 0 Å². The number of ether oxygens (including phenoxy) is 5. The number of aliphatic hydroxyl groups excluding tert-OH is 9. The van der Waals surface area contributed by atoms with Crippen LogP contribution in [-0.4, -0.2) is 137 Å². The highest BCUT2D eigenvalue weighted by Crippen LogP contribution is 2.44. The molecule has 5 rings (SSSR count). The van der Waals surface area contributed by atoms with Gasteiger partial charge >= 0.3 is 0 Å². The summed E-state index contributed by atoms with van der Waals surface area (Å²) in [6, 6.07) is 6.34. The fourth-order valence-corrected chi connectivity index (χ4v) is 5.22. The zero-order chi connectivity index (χ0) is 31.2. The molecule has 43 heavy (non-hydrogen) atoms. The average molecular weight is 615 g/mol. The van der Waals surface area contributed by atoms with Gasteiger partial charge in [0.15, 0.2) is 11.5 Å². The number of aromatic hydroxyl groups is 2. The van der Waals surface area contributed by atoms with Crippen LogP contribution in [0.3, 0.4) is 0 Å². The summed E-state index contributed by atoms with van der Waals surface area (Å²) >= 11 is 0.